The molecule has 16 unspecified atom stereocenters. The van der Waals surface area contributed by atoms with Crippen LogP contribution >= 0.6 is 0 Å². The number of carbonyl (C=O) groups excluding carboxylic acids is 2. The van der Waals surface area contributed by atoms with Gasteiger partial charge in [0.25, 0.3) is 0 Å². The van der Waals surface area contributed by atoms with E-state index in [-0.39, 0.29) is 17.3 Å². The van der Waals surface area contributed by atoms with Crippen LogP contribution in [0.4, 0.5) is 0 Å². The third kappa shape index (κ3) is 4.59. The van der Waals surface area contributed by atoms with Crippen molar-refractivity contribution in [2.75, 3.05) is 6.61 Å². The summed E-state index contributed by atoms with van der Waals surface area (Å²) in [4.78, 5) is 27.0. The van der Waals surface area contributed by atoms with Gasteiger partial charge in [-0.2, -0.15) is 0 Å². The summed E-state index contributed by atoms with van der Waals surface area (Å²) in [5.41, 5.74) is -2.87. The first-order valence-corrected chi connectivity index (χ1v) is 17.5. The Hall–Kier alpha value is -1.44. The van der Waals surface area contributed by atoms with Gasteiger partial charge in [0.15, 0.2) is 0 Å². The van der Waals surface area contributed by atoms with E-state index in [4.69, 9.17) is 9.47 Å². The molecule has 6 aliphatic rings. The van der Waals surface area contributed by atoms with Gasteiger partial charge in [-0.1, -0.05) is 53.2 Å². The maximum atomic E-state index is 14.4. The maximum Gasteiger partial charge on any atom is 0.315 e. The van der Waals surface area contributed by atoms with E-state index >= 15 is 0 Å². The third-order valence-corrected chi connectivity index (χ3v) is 15.3. The van der Waals surface area contributed by atoms with Crippen molar-refractivity contribution in [1.29, 1.82) is 0 Å². The molecule has 0 aromatic rings. The van der Waals surface area contributed by atoms with Gasteiger partial charge in [-0.05, 0) is 84.9 Å². The largest absolute Gasteiger partial charge is 0.432 e. The molecule has 0 bridgehead atoms. The zero-order valence-corrected chi connectivity index (χ0v) is 28.6. The summed E-state index contributed by atoms with van der Waals surface area (Å²) in [6.07, 6.45) is -3.30. The van der Waals surface area contributed by atoms with Gasteiger partial charge in [0.2, 0.25) is 6.29 Å². The van der Waals surface area contributed by atoms with Crippen molar-refractivity contribution in [3.05, 3.63) is 11.6 Å². The average Bonchev–Trinajstić information content (AvgIpc) is 3.02. The minimum atomic E-state index is -1.73. The molecule has 0 amide bonds. The lowest BCUT2D eigenvalue weighted by Gasteiger charge is -2.71. The summed E-state index contributed by atoms with van der Waals surface area (Å²) in [6.45, 7) is 11.8. The molecule has 6 rings (SSSR count). The van der Waals surface area contributed by atoms with E-state index in [1.54, 1.807) is 6.92 Å². The Morgan fingerprint density at radius 3 is 2.19 bits per heavy atom. The molecular weight excluding hydrogens is 608 g/mol. The second kappa shape index (κ2) is 11.3. The number of ether oxygens (including phenoxy) is 2. The maximum absolute atomic E-state index is 14.4. The van der Waals surface area contributed by atoms with Crippen molar-refractivity contribution in [3.8, 4) is 0 Å². The summed E-state index contributed by atoms with van der Waals surface area (Å²) < 4.78 is 11.4. The number of fused-ring (bicyclic) bond motifs is 7. The molecule has 0 aromatic carbocycles. The van der Waals surface area contributed by atoms with Crippen LogP contribution in [0.2, 0.25) is 0 Å². The van der Waals surface area contributed by atoms with Crippen LogP contribution in [0.25, 0.3) is 0 Å². The van der Waals surface area contributed by atoms with Crippen LogP contribution in [0.3, 0.4) is 0 Å². The fourth-order valence-electron chi connectivity index (χ4n) is 12.0. The Labute approximate surface area is 277 Å². The standard InChI is InChI=1S/C36H56O11/c1-31(2)11-13-36(30(45)47-29-26(42)25(41)24(40)20(16-37)46-29)14-12-34(5)18(23(36)28(31)44)7-8-22-32(3)15-19(39)27(43)33(4,17-38)21(32)9-10-35(22,34)6/h7,17,19-29,37,39-44H,8-16H2,1-6H3. The van der Waals surface area contributed by atoms with Gasteiger partial charge in [0.1, 0.15) is 30.7 Å². The summed E-state index contributed by atoms with van der Waals surface area (Å²) in [5.74, 6) is -1.27. The van der Waals surface area contributed by atoms with Crippen molar-refractivity contribution < 1.29 is 54.8 Å². The summed E-state index contributed by atoms with van der Waals surface area (Å²) in [5, 5.41) is 75.2. The topological polar surface area (TPSA) is 194 Å². The van der Waals surface area contributed by atoms with Crippen molar-refractivity contribution in [2.45, 2.75) is 142 Å². The summed E-state index contributed by atoms with van der Waals surface area (Å²) >= 11 is 0. The molecule has 5 fully saturated rings. The van der Waals surface area contributed by atoms with Gasteiger partial charge >= 0.3 is 5.97 Å². The van der Waals surface area contributed by atoms with Crippen molar-refractivity contribution in [1.82, 2.24) is 0 Å². The first kappa shape index (κ1) is 35.4. The van der Waals surface area contributed by atoms with Gasteiger partial charge in [-0.25, -0.2) is 0 Å². The van der Waals surface area contributed by atoms with Crippen molar-refractivity contribution >= 4 is 12.3 Å². The van der Waals surface area contributed by atoms with Crippen LogP contribution < -0.4 is 0 Å². The molecule has 1 heterocycles. The number of hydrogen-bond acceptors (Lipinski definition) is 11. The van der Waals surface area contributed by atoms with Crippen LogP contribution in [-0.4, -0.2) is 104 Å². The highest BCUT2D eigenvalue weighted by Crippen LogP contribution is 2.75. The minimum Gasteiger partial charge on any atom is -0.432 e. The second-order valence-electron chi connectivity index (χ2n) is 17.7. The number of rotatable bonds is 4. The lowest BCUT2D eigenvalue weighted by molar-refractivity contribution is -0.298. The molecule has 0 spiro atoms. The third-order valence-electron chi connectivity index (χ3n) is 15.3. The first-order valence-electron chi connectivity index (χ1n) is 17.5. The Kier molecular flexibility index (Phi) is 8.50. The summed E-state index contributed by atoms with van der Waals surface area (Å²) in [6, 6.07) is 0. The number of hydrogen-bond donors (Lipinski definition) is 7. The van der Waals surface area contributed by atoms with Gasteiger partial charge in [0.05, 0.1) is 35.7 Å². The highest BCUT2D eigenvalue weighted by molar-refractivity contribution is 5.79. The lowest BCUT2D eigenvalue weighted by atomic mass is 9.33. The zero-order valence-electron chi connectivity index (χ0n) is 28.6. The van der Waals surface area contributed by atoms with Gasteiger partial charge in [-0.15, -0.1) is 0 Å². The molecule has 0 aromatic heterocycles. The Bertz CT molecular complexity index is 1300. The molecular formula is C36H56O11. The Morgan fingerprint density at radius 2 is 1.55 bits per heavy atom. The van der Waals surface area contributed by atoms with E-state index in [9.17, 15) is 45.3 Å². The SMILES string of the molecule is CC1(C)CCC2(C(=O)OC3OC(CO)C(O)C(O)C3O)CCC3(C)C(=CCC4C5(C)CC(O)C(O)C(C)(C=O)C5CCC43C)C2C1O. The van der Waals surface area contributed by atoms with Crippen LogP contribution in [0.15, 0.2) is 11.6 Å². The van der Waals surface area contributed by atoms with Crippen molar-refractivity contribution in [3.63, 3.8) is 0 Å². The van der Waals surface area contributed by atoms with E-state index in [1.165, 1.54) is 0 Å². The first-order chi connectivity index (χ1) is 21.8. The van der Waals surface area contributed by atoms with Gasteiger partial charge < -0.3 is 50.0 Å². The number of aliphatic hydroxyl groups excluding tert-OH is 7. The molecule has 0 radical (unpaired) electrons. The van der Waals surface area contributed by atoms with Crippen LogP contribution in [0, 0.1) is 50.2 Å². The zero-order chi connectivity index (χ0) is 34.7. The number of allylic oxidation sites excluding steroid dienone is 1. The predicted molar refractivity (Wildman–Crippen MR) is 168 cm³/mol. The number of carbonyl (C=O) groups is 2. The molecule has 4 saturated carbocycles. The minimum absolute atomic E-state index is 0.0752. The van der Waals surface area contributed by atoms with Crippen molar-refractivity contribution in [2.24, 2.45) is 50.2 Å². The van der Waals surface area contributed by atoms with E-state index < -0.39 is 94.6 Å². The highest BCUT2D eigenvalue weighted by Gasteiger charge is 2.72. The second-order valence-corrected chi connectivity index (χ2v) is 17.7. The molecule has 11 nitrogen and oxygen atoms in total. The van der Waals surface area contributed by atoms with Gasteiger partial charge in [-0.3, -0.25) is 4.79 Å². The molecule has 1 aliphatic heterocycles. The van der Waals surface area contributed by atoms with Gasteiger partial charge in [0, 0.05) is 5.92 Å². The van der Waals surface area contributed by atoms with E-state index in [1.807, 2.05) is 13.8 Å². The average molecular weight is 665 g/mol. The molecule has 1 saturated heterocycles. The molecule has 47 heavy (non-hydrogen) atoms. The molecule has 16 atom stereocenters. The lowest BCUT2D eigenvalue weighted by Crippen LogP contribution is -2.69. The van der Waals surface area contributed by atoms with Crippen LogP contribution in [0.1, 0.15) is 92.9 Å². The van der Waals surface area contributed by atoms with Crippen LogP contribution in [-0.2, 0) is 19.1 Å². The quantitative estimate of drug-likeness (QED) is 0.131. The summed E-state index contributed by atoms with van der Waals surface area (Å²) in [7, 11) is 0. The molecule has 11 heteroatoms. The van der Waals surface area contributed by atoms with E-state index in [0.29, 0.717) is 44.9 Å². The van der Waals surface area contributed by atoms with E-state index in [0.717, 1.165) is 18.3 Å². The van der Waals surface area contributed by atoms with Crippen LogP contribution in [0.5, 0.6) is 0 Å². The fourth-order valence-corrected chi connectivity index (χ4v) is 12.0. The van der Waals surface area contributed by atoms with E-state index in [2.05, 4.69) is 26.8 Å². The predicted octanol–water partition coefficient (Wildman–Crippen LogP) is 1.61. The Balaban J connectivity index is 1.39. The Morgan fingerprint density at radius 1 is 0.894 bits per heavy atom. The monoisotopic (exact) mass is 664 g/mol. The molecule has 266 valence electrons. The fraction of sp³-hybridized carbons (Fsp3) is 0.889. The highest BCUT2D eigenvalue weighted by atomic mass is 16.7. The number of aliphatic hydroxyl groups is 7. The normalized spacial score (nSPS) is 55.3. The number of esters is 1. The molecule has 5 aliphatic carbocycles. The smallest absolute Gasteiger partial charge is 0.315 e. The number of aldehydes is 1. The molecule has 7 N–H and O–H groups in total.